The Hall–Kier alpha value is -0.930. The van der Waals surface area contributed by atoms with Crippen molar-refractivity contribution in [1.82, 2.24) is 9.97 Å². The first-order chi connectivity index (χ1) is 9.37. The number of hydrogen-bond acceptors (Lipinski definition) is 5. The van der Waals surface area contributed by atoms with Gasteiger partial charge in [0.25, 0.3) is 0 Å². The van der Waals surface area contributed by atoms with E-state index in [1.807, 2.05) is 6.92 Å². The molecule has 0 bridgehead atoms. The van der Waals surface area contributed by atoms with Gasteiger partial charge < -0.3 is 14.8 Å². The maximum absolute atomic E-state index is 12.0. The summed E-state index contributed by atoms with van der Waals surface area (Å²) >= 11 is 3.33. The molecule has 9 heteroatoms. The van der Waals surface area contributed by atoms with Crippen LogP contribution in [0.2, 0.25) is 0 Å². The lowest BCUT2D eigenvalue weighted by molar-refractivity contribution is -0.177. The maximum Gasteiger partial charge on any atom is 0.411 e. The fourth-order valence-electron chi connectivity index (χ4n) is 1.38. The molecule has 114 valence electrons. The number of ether oxygens (including phenoxy) is 2. The van der Waals surface area contributed by atoms with E-state index in [4.69, 9.17) is 4.74 Å². The van der Waals surface area contributed by atoms with E-state index in [2.05, 4.69) is 36.0 Å². The molecule has 0 saturated heterocycles. The largest absolute Gasteiger partial charge is 0.411 e. The fourth-order valence-corrected chi connectivity index (χ4v) is 1.82. The van der Waals surface area contributed by atoms with Gasteiger partial charge in [0.15, 0.2) is 5.82 Å². The van der Waals surface area contributed by atoms with Gasteiger partial charge in [0.1, 0.15) is 19.0 Å². The second-order valence-corrected chi connectivity index (χ2v) is 4.61. The van der Waals surface area contributed by atoms with Crippen LogP contribution in [0.4, 0.5) is 19.0 Å². The molecule has 0 aromatic carbocycles. The van der Waals surface area contributed by atoms with Crippen molar-refractivity contribution in [2.75, 3.05) is 25.6 Å². The van der Waals surface area contributed by atoms with Crippen LogP contribution in [0.5, 0.6) is 0 Å². The van der Waals surface area contributed by atoms with Crippen LogP contribution in [0, 0.1) is 0 Å². The molecule has 0 amide bonds. The number of methoxy groups -OCH3 is 1. The van der Waals surface area contributed by atoms with E-state index >= 15 is 0 Å². The minimum Gasteiger partial charge on any atom is -0.378 e. The van der Waals surface area contributed by atoms with Gasteiger partial charge in [-0.2, -0.15) is 13.2 Å². The lowest BCUT2D eigenvalue weighted by Crippen LogP contribution is -2.18. The molecule has 0 unspecified atom stereocenters. The van der Waals surface area contributed by atoms with Crippen LogP contribution in [0.25, 0.3) is 0 Å². The molecule has 0 aliphatic rings. The van der Waals surface area contributed by atoms with Crippen molar-refractivity contribution in [3.8, 4) is 0 Å². The first-order valence-corrected chi connectivity index (χ1v) is 6.59. The van der Waals surface area contributed by atoms with Crippen LogP contribution in [0.3, 0.4) is 0 Å². The predicted molar refractivity (Wildman–Crippen MR) is 70.3 cm³/mol. The maximum atomic E-state index is 12.0. The first-order valence-electron chi connectivity index (χ1n) is 5.80. The Morgan fingerprint density at radius 2 is 1.95 bits per heavy atom. The molecule has 0 spiro atoms. The number of alkyl halides is 3. The number of rotatable bonds is 7. The van der Waals surface area contributed by atoms with Crippen molar-refractivity contribution in [3.63, 3.8) is 0 Å². The first kappa shape index (κ1) is 17.1. The average molecular weight is 358 g/mol. The lowest BCUT2D eigenvalue weighted by atomic mass is 10.4. The summed E-state index contributed by atoms with van der Waals surface area (Å²) in [7, 11) is 1.50. The number of anilines is 1. The Morgan fingerprint density at radius 1 is 1.25 bits per heavy atom. The molecule has 0 radical (unpaired) electrons. The Balaban J connectivity index is 2.84. The van der Waals surface area contributed by atoms with Crippen molar-refractivity contribution in [2.45, 2.75) is 26.3 Å². The van der Waals surface area contributed by atoms with E-state index in [9.17, 15) is 13.2 Å². The van der Waals surface area contributed by atoms with Gasteiger partial charge in [-0.3, -0.25) is 0 Å². The molecule has 0 saturated carbocycles. The Kier molecular flexibility index (Phi) is 6.63. The molecule has 1 heterocycles. The SMILES string of the molecule is CCNc1nc(COCC(F)(F)F)nc(COC)c1Br. The molecule has 5 nitrogen and oxygen atoms in total. The quantitative estimate of drug-likeness (QED) is 0.812. The van der Waals surface area contributed by atoms with E-state index in [0.717, 1.165) is 0 Å². The monoisotopic (exact) mass is 357 g/mol. The van der Waals surface area contributed by atoms with Crippen LogP contribution >= 0.6 is 15.9 Å². The molecule has 20 heavy (non-hydrogen) atoms. The summed E-state index contributed by atoms with van der Waals surface area (Å²) in [6.45, 7) is 1.06. The smallest absolute Gasteiger partial charge is 0.378 e. The summed E-state index contributed by atoms with van der Waals surface area (Å²) in [4.78, 5) is 8.22. The molecule has 1 aromatic heterocycles. The lowest BCUT2D eigenvalue weighted by Gasteiger charge is -2.12. The molecule has 0 aliphatic carbocycles. The summed E-state index contributed by atoms with van der Waals surface area (Å²) in [5, 5.41) is 2.99. The molecule has 0 atom stereocenters. The van der Waals surface area contributed by atoms with Gasteiger partial charge in [-0.15, -0.1) is 0 Å². The van der Waals surface area contributed by atoms with Crippen molar-refractivity contribution < 1.29 is 22.6 Å². The predicted octanol–water partition coefficient (Wildman–Crippen LogP) is 2.90. The molecule has 1 N–H and O–H groups in total. The van der Waals surface area contributed by atoms with Gasteiger partial charge in [-0.25, -0.2) is 9.97 Å². The second-order valence-electron chi connectivity index (χ2n) is 3.82. The summed E-state index contributed by atoms with van der Waals surface area (Å²) in [5.41, 5.74) is 0.545. The Labute approximate surface area is 123 Å². The number of nitrogens with zero attached hydrogens (tertiary/aromatic N) is 2. The highest BCUT2D eigenvalue weighted by Gasteiger charge is 2.27. The standard InChI is InChI=1S/C11H15BrF3N3O2/c1-3-16-10-9(12)7(4-19-2)17-8(18-10)5-20-6-11(13,14)15/h3-6H2,1-2H3,(H,16,17,18). The molecule has 1 aromatic rings. The Morgan fingerprint density at radius 3 is 2.50 bits per heavy atom. The molecular formula is C11H15BrF3N3O2. The van der Waals surface area contributed by atoms with Crippen LogP contribution in [0.1, 0.15) is 18.4 Å². The summed E-state index contributed by atoms with van der Waals surface area (Å²) in [5.74, 6) is 0.667. The zero-order chi connectivity index (χ0) is 15.2. The van der Waals surface area contributed by atoms with Gasteiger partial charge in [0.05, 0.1) is 16.8 Å². The van der Waals surface area contributed by atoms with Crippen LogP contribution < -0.4 is 5.32 Å². The van der Waals surface area contributed by atoms with E-state index in [0.29, 0.717) is 22.5 Å². The molecule has 1 rings (SSSR count). The van der Waals surface area contributed by atoms with Crippen LogP contribution in [-0.2, 0) is 22.7 Å². The number of nitrogens with one attached hydrogen (secondary N) is 1. The van der Waals surface area contributed by atoms with Crippen molar-refractivity contribution in [3.05, 3.63) is 16.0 Å². The number of aromatic nitrogens is 2. The van der Waals surface area contributed by atoms with Crippen LogP contribution in [0.15, 0.2) is 4.47 Å². The average Bonchev–Trinajstić information content (AvgIpc) is 2.34. The third-order valence-electron chi connectivity index (χ3n) is 2.09. The van der Waals surface area contributed by atoms with Gasteiger partial charge in [-0.1, -0.05) is 0 Å². The van der Waals surface area contributed by atoms with E-state index in [1.54, 1.807) is 0 Å². The van der Waals surface area contributed by atoms with Gasteiger partial charge in [0, 0.05) is 13.7 Å². The van der Waals surface area contributed by atoms with E-state index in [1.165, 1.54) is 7.11 Å². The van der Waals surface area contributed by atoms with Crippen molar-refractivity contribution in [1.29, 1.82) is 0 Å². The number of halogens is 4. The summed E-state index contributed by atoms with van der Waals surface area (Å²) in [6, 6.07) is 0. The van der Waals surface area contributed by atoms with Gasteiger partial charge >= 0.3 is 6.18 Å². The zero-order valence-electron chi connectivity index (χ0n) is 11.1. The molecular weight excluding hydrogens is 343 g/mol. The van der Waals surface area contributed by atoms with Crippen molar-refractivity contribution in [2.24, 2.45) is 0 Å². The topological polar surface area (TPSA) is 56.3 Å². The fraction of sp³-hybridized carbons (Fsp3) is 0.636. The highest BCUT2D eigenvalue weighted by molar-refractivity contribution is 9.10. The van der Waals surface area contributed by atoms with Crippen LogP contribution in [-0.4, -0.2) is 36.4 Å². The van der Waals surface area contributed by atoms with E-state index < -0.39 is 12.8 Å². The summed E-state index contributed by atoms with van der Waals surface area (Å²) < 4.78 is 46.2. The Bertz CT molecular complexity index is 416. The summed E-state index contributed by atoms with van der Waals surface area (Å²) in [6.07, 6.45) is -4.37. The third-order valence-corrected chi connectivity index (χ3v) is 2.92. The number of hydrogen-bond donors (Lipinski definition) is 1. The highest BCUT2D eigenvalue weighted by atomic mass is 79.9. The van der Waals surface area contributed by atoms with Gasteiger partial charge in [-0.05, 0) is 22.9 Å². The van der Waals surface area contributed by atoms with E-state index in [-0.39, 0.29) is 19.0 Å². The molecule has 0 fully saturated rings. The second kappa shape index (κ2) is 7.75. The van der Waals surface area contributed by atoms with Crippen molar-refractivity contribution >= 4 is 21.7 Å². The normalized spacial score (nSPS) is 11.7. The third kappa shape index (κ3) is 5.59. The zero-order valence-corrected chi connectivity index (χ0v) is 12.6. The highest BCUT2D eigenvalue weighted by Crippen LogP contribution is 2.24. The molecule has 0 aliphatic heterocycles. The minimum atomic E-state index is -4.37. The minimum absolute atomic E-state index is 0.167. The van der Waals surface area contributed by atoms with Gasteiger partial charge in [0.2, 0.25) is 0 Å².